The molecular weight excluding hydrogens is 364 g/mol. The van der Waals surface area contributed by atoms with Gasteiger partial charge in [-0.3, -0.25) is 4.79 Å². The third kappa shape index (κ3) is 4.67. The SMILES string of the molecule is CCOc1cc(C(=O)N2CCN(c3ncccn3)CC2)ccc1OCC(=O)O. The first-order chi connectivity index (χ1) is 13.6. The minimum atomic E-state index is -1.08. The Morgan fingerprint density at radius 1 is 1.07 bits per heavy atom. The van der Waals surface area contributed by atoms with Crippen molar-refractivity contribution in [3.05, 3.63) is 42.2 Å². The van der Waals surface area contributed by atoms with Crippen molar-refractivity contribution in [3.8, 4) is 11.5 Å². The maximum atomic E-state index is 12.9. The van der Waals surface area contributed by atoms with Crippen LogP contribution in [0.25, 0.3) is 0 Å². The summed E-state index contributed by atoms with van der Waals surface area (Å²) < 4.78 is 10.7. The summed E-state index contributed by atoms with van der Waals surface area (Å²) in [6.07, 6.45) is 3.40. The van der Waals surface area contributed by atoms with Gasteiger partial charge in [0.15, 0.2) is 18.1 Å². The Labute approximate surface area is 162 Å². The fraction of sp³-hybridized carbons (Fsp3) is 0.368. The number of ether oxygens (including phenoxy) is 2. The second-order valence-electron chi connectivity index (χ2n) is 6.10. The highest BCUT2D eigenvalue weighted by atomic mass is 16.5. The Morgan fingerprint density at radius 3 is 2.43 bits per heavy atom. The fourth-order valence-electron chi connectivity index (χ4n) is 2.91. The molecule has 28 heavy (non-hydrogen) atoms. The Hall–Kier alpha value is -3.36. The molecule has 1 aliphatic rings. The van der Waals surface area contributed by atoms with Crippen LogP contribution in [-0.2, 0) is 4.79 Å². The molecule has 1 saturated heterocycles. The lowest BCUT2D eigenvalue weighted by molar-refractivity contribution is -0.139. The summed E-state index contributed by atoms with van der Waals surface area (Å²) in [7, 11) is 0. The summed E-state index contributed by atoms with van der Waals surface area (Å²) in [5.41, 5.74) is 0.468. The van der Waals surface area contributed by atoms with E-state index in [2.05, 4.69) is 9.97 Å². The van der Waals surface area contributed by atoms with Gasteiger partial charge in [0.1, 0.15) is 0 Å². The molecule has 2 aromatic rings. The highest BCUT2D eigenvalue weighted by Crippen LogP contribution is 2.29. The van der Waals surface area contributed by atoms with Crippen molar-refractivity contribution in [1.82, 2.24) is 14.9 Å². The molecule has 0 radical (unpaired) electrons. The number of aliphatic carboxylic acids is 1. The van der Waals surface area contributed by atoms with Crippen molar-refractivity contribution >= 4 is 17.8 Å². The molecular formula is C19H22N4O5. The predicted octanol–water partition coefficient (Wildman–Crippen LogP) is 1.30. The van der Waals surface area contributed by atoms with Crippen LogP contribution in [0, 0.1) is 0 Å². The second kappa shape index (κ2) is 9.03. The Bertz CT molecular complexity index is 822. The second-order valence-corrected chi connectivity index (χ2v) is 6.10. The number of nitrogens with zero attached hydrogens (tertiary/aromatic N) is 4. The molecule has 9 heteroatoms. The van der Waals surface area contributed by atoms with Gasteiger partial charge in [-0.05, 0) is 31.2 Å². The van der Waals surface area contributed by atoms with Crippen LogP contribution in [0.1, 0.15) is 17.3 Å². The molecule has 3 rings (SSSR count). The molecule has 0 bridgehead atoms. The minimum absolute atomic E-state index is 0.112. The van der Waals surface area contributed by atoms with Gasteiger partial charge in [0.25, 0.3) is 5.91 Å². The van der Waals surface area contributed by atoms with Gasteiger partial charge in [0, 0.05) is 44.1 Å². The summed E-state index contributed by atoms with van der Waals surface area (Å²) >= 11 is 0. The molecule has 2 heterocycles. The van der Waals surface area contributed by atoms with Crippen molar-refractivity contribution in [1.29, 1.82) is 0 Å². The van der Waals surface area contributed by atoms with E-state index in [1.54, 1.807) is 48.5 Å². The largest absolute Gasteiger partial charge is 0.490 e. The van der Waals surface area contributed by atoms with Crippen LogP contribution >= 0.6 is 0 Å². The van der Waals surface area contributed by atoms with Gasteiger partial charge in [0.2, 0.25) is 5.95 Å². The monoisotopic (exact) mass is 386 g/mol. The number of aromatic nitrogens is 2. The van der Waals surface area contributed by atoms with Gasteiger partial charge in [-0.15, -0.1) is 0 Å². The number of anilines is 1. The van der Waals surface area contributed by atoms with Crippen molar-refractivity contribution in [2.24, 2.45) is 0 Å². The molecule has 1 N–H and O–H groups in total. The van der Waals surface area contributed by atoms with Crippen molar-refractivity contribution in [3.63, 3.8) is 0 Å². The van der Waals surface area contributed by atoms with Crippen LogP contribution in [0.5, 0.6) is 11.5 Å². The van der Waals surface area contributed by atoms with Crippen LogP contribution in [0.3, 0.4) is 0 Å². The number of hydrogen-bond acceptors (Lipinski definition) is 7. The molecule has 0 spiro atoms. The smallest absolute Gasteiger partial charge is 0.341 e. The number of carboxylic acid groups (broad SMARTS) is 1. The number of carbonyl (C=O) groups is 2. The van der Waals surface area contributed by atoms with E-state index in [1.165, 1.54) is 0 Å². The number of benzene rings is 1. The third-order valence-electron chi connectivity index (χ3n) is 4.24. The highest BCUT2D eigenvalue weighted by Gasteiger charge is 2.24. The van der Waals surface area contributed by atoms with Gasteiger partial charge in [-0.1, -0.05) is 0 Å². The predicted molar refractivity (Wildman–Crippen MR) is 101 cm³/mol. The quantitative estimate of drug-likeness (QED) is 0.759. The molecule has 148 valence electrons. The lowest BCUT2D eigenvalue weighted by Crippen LogP contribution is -2.49. The van der Waals surface area contributed by atoms with Crippen molar-refractivity contribution < 1.29 is 24.2 Å². The zero-order valence-corrected chi connectivity index (χ0v) is 15.6. The number of carboxylic acids is 1. The van der Waals surface area contributed by atoms with Gasteiger partial charge in [-0.2, -0.15) is 0 Å². The summed E-state index contributed by atoms with van der Waals surface area (Å²) in [4.78, 5) is 35.9. The minimum Gasteiger partial charge on any atom is -0.490 e. The van der Waals surface area contributed by atoms with Crippen LogP contribution in [-0.4, -0.2) is 71.2 Å². The lowest BCUT2D eigenvalue weighted by atomic mass is 10.1. The maximum absolute atomic E-state index is 12.9. The first kappa shape index (κ1) is 19.4. The van der Waals surface area contributed by atoms with E-state index in [1.807, 2.05) is 4.90 Å². The first-order valence-electron chi connectivity index (χ1n) is 9.01. The van der Waals surface area contributed by atoms with Gasteiger partial charge >= 0.3 is 5.97 Å². The van der Waals surface area contributed by atoms with E-state index < -0.39 is 12.6 Å². The molecule has 0 atom stereocenters. The summed E-state index contributed by atoms with van der Waals surface area (Å²) in [6.45, 7) is 4.10. The third-order valence-corrected chi connectivity index (χ3v) is 4.24. The standard InChI is InChI=1S/C19H22N4O5/c1-2-27-16-12-14(4-5-15(16)28-13-17(24)25)18(26)22-8-10-23(11-9-22)19-20-6-3-7-21-19/h3-7,12H,2,8-11,13H2,1H3,(H,24,25). The van der Waals surface area contributed by atoms with Gasteiger partial charge in [-0.25, -0.2) is 14.8 Å². The Morgan fingerprint density at radius 2 is 1.79 bits per heavy atom. The molecule has 1 aromatic heterocycles. The molecule has 0 saturated carbocycles. The van der Waals surface area contributed by atoms with E-state index in [0.29, 0.717) is 55.8 Å². The molecule has 1 aliphatic heterocycles. The zero-order chi connectivity index (χ0) is 19.9. The first-order valence-corrected chi connectivity index (χ1v) is 9.01. The molecule has 0 unspecified atom stereocenters. The highest BCUT2D eigenvalue weighted by molar-refractivity contribution is 5.95. The maximum Gasteiger partial charge on any atom is 0.341 e. The van der Waals surface area contributed by atoms with E-state index in [4.69, 9.17) is 14.6 Å². The average Bonchev–Trinajstić information content (AvgIpc) is 2.73. The molecule has 1 fully saturated rings. The van der Waals surface area contributed by atoms with E-state index in [0.717, 1.165) is 0 Å². The lowest BCUT2D eigenvalue weighted by Gasteiger charge is -2.34. The van der Waals surface area contributed by atoms with E-state index in [9.17, 15) is 9.59 Å². The number of hydrogen-bond donors (Lipinski definition) is 1. The van der Waals surface area contributed by atoms with Gasteiger partial charge < -0.3 is 24.4 Å². The number of rotatable bonds is 7. The fourth-order valence-corrected chi connectivity index (χ4v) is 2.91. The molecule has 0 aliphatic carbocycles. The van der Waals surface area contributed by atoms with Crippen LogP contribution in [0.2, 0.25) is 0 Å². The average molecular weight is 386 g/mol. The Balaban J connectivity index is 1.67. The number of amides is 1. The summed E-state index contributed by atoms with van der Waals surface area (Å²) in [6, 6.07) is 6.54. The zero-order valence-electron chi connectivity index (χ0n) is 15.6. The van der Waals surface area contributed by atoms with Crippen molar-refractivity contribution in [2.75, 3.05) is 44.3 Å². The Kier molecular flexibility index (Phi) is 6.25. The van der Waals surface area contributed by atoms with Crippen LogP contribution in [0.15, 0.2) is 36.7 Å². The summed E-state index contributed by atoms with van der Waals surface area (Å²) in [5, 5.41) is 8.77. The van der Waals surface area contributed by atoms with Crippen molar-refractivity contribution in [2.45, 2.75) is 6.92 Å². The van der Waals surface area contributed by atoms with E-state index >= 15 is 0 Å². The van der Waals surface area contributed by atoms with E-state index in [-0.39, 0.29) is 5.91 Å². The van der Waals surface area contributed by atoms with Crippen LogP contribution < -0.4 is 14.4 Å². The molecule has 1 aromatic carbocycles. The van der Waals surface area contributed by atoms with Gasteiger partial charge in [0.05, 0.1) is 6.61 Å². The van der Waals surface area contributed by atoms with Crippen LogP contribution in [0.4, 0.5) is 5.95 Å². The topological polar surface area (TPSA) is 105 Å². The normalized spacial score (nSPS) is 13.9. The number of piperazine rings is 1. The molecule has 1 amide bonds. The molecule has 9 nitrogen and oxygen atoms in total. The summed E-state index contributed by atoms with van der Waals surface area (Å²) in [5.74, 6) is 0.119. The number of carbonyl (C=O) groups excluding carboxylic acids is 1.